The summed E-state index contributed by atoms with van der Waals surface area (Å²) < 4.78 is 12.0. The van der Waals surface area contributed by atoms with Crippen LogP contribution in [0.15, 0.2) is 0 Å². The highest BCUT2D eigenvalue weighted by Gasteiger charge is 2.38. The van der Waals surface area contributed by atoms with Gasteiger partial charge in [0.05, 0.1) is 0 Å². The van der Waals surface area contributed by atoms with E-state index in [2.05, 4.69) is 13.8 Å². The molecule has 0 fully saturated rings. The third-order valence-electron chi connectivity index (χ3n) is 4.28. The lowest BCUT2D eigenvalue weighted by Gasteiger charge is -2.39. The first-order chi connectivity index (χ1) is 10.2. The Kier molecular flexibility index (Phi) is 13.5. The van der Waals surface area contributed by atoms with E-state index >= 15 is 0 Å². The lowest BCUT2D eigenvalue weighted by molar-refractivity contribution is -0.268. The molecular weight excluding hydrogens is 264 g/mol. The van der Waals surface area contributed by atoms with Gasteiger partial charge in [-0.1, -0.05) is 52.4 Å². The maximum atomic E-state index is 9.39. The van der Waals surface area contributed by atoms with Gasteiger partial charge in [0, 0.05) is 25.7 Å². The van der Waals surface area contributed by atoms with Gasteiger partial charge in [-0.2, -0.15) is 0 Å². The first-order valence-corrected chi connectivity index (χ1v) is 9.09. The molecule has 1 atom stereocenters. The number of hydrogen-bond acceptors (Lipinski definition) is 3. The Morgan fingerprint density at radius 2 is 1.38 bits per heavy atom. The quantitative estimate of drug-likeness (QED) is 0.345. The van der Waals surface area contributed by atoms with E-state index in [0.29, 0.717) is 19.1 Å². The minimum atomic E-state index is -0.504. The van der Waals surface area contributed by atoms with Gasteiger partial charge in [-0.25, -0.2) is 0 Å². The maximum Gasteiger partial charge on any atom is 0.170 e. The molecule has 0 aliphatic carbocycles. The van der Waals surface area contributed by atoms with Crippen LogP contribution in [0.4, 0.5) is 0 Å². The van der Waals surface area contributed by atoms with Gasteiger partial charge < -0.3 is 14.6 Å². The molecule has 0 aliphatic heterocycles. The highest BCUT2D eigenvalue weighted by atomic mass is 16.7. The van der Waals surface area contributed by atoms with E-state index in [1.54, 1.807) is 0 Å². The predicted molar refractivity (Wildman–Crippen MR) is 89.5 cm³/mol. The molecule has 0 aromatic heterocycles. The normalized spacial score (nSPS) is 13.6. The van der Waals surface area contributed by atoms with Crippen molar-refractivity contribution in [1.82, 2.24) is 0 Å². The van der Waals surface area contributed by atoms with Crippen LogP contribution in [-0.2, 0) is 9.47 Å². The first kappa shape index (κ1) is 20.9. The van der Waals surface area contributed by atoms with Crippen LogP contribution >= 0.6 is 0 Å². The summed E-state index contributed by atoms with van der Waals surface area (Å²) in [6.45, 7) is 9.93. The molecule has 1 N–H and O–H groups in total. The highest BCUT2D eigenvalue weighted by molar-refractivity contribution is 4.79. The highest BCUT2D eigenvalue weighted by Crippen LogP contribution is 2.34. The molecule has 21 heavy (non-hydrogen) atoms. The lowest BCUT2D eigenvalue weighted by Crippen LogP contribution is -2.44. The SMILES string of the molecule is CCCCCCCCC(CCO)C(CC)(OCC)OCC. The van der Waals surface area contributed by atoms with Gasteiger partial charge in [0.2, 0.25) is 0 Å². The van der Waals surface area contributed by atoms with Gasteiger partial charge in [0.1, 0.15) is 0 Å². The van der Waals surface area contributed by atoms with E-state index in [1.165, 1.54) is 38.5 Å². The molecule has 1 unspecified atom stereocenters. The number of hydrogen-bond donors (Lipinski definition) is 1. The zero-order valence-corrected chi connectivity index (χ0v) is 14.8. The molecule has 0 saturated carbocycles. The molecule has 0 rings (SSSR count). The fourth-order valence-corrected chi connectivity index (χ4v) is 3.17. The molecule has 3 nitrogen and oxygen atoms in total. The Labute approximate surface area is 132 Å². The number of ether oxygens (including phenoxy) is 2. The zero-order valence-electron chi connectivity index (χ0n) is 14.8. The summed E-state index contributed by atoms with van der Waals surface area (Å²) in [6.07, 6.45) is 10.5. The van der Waals surface area contributed by atoms with Crippen LogP contribution in [0.2, 0.25) is 0 Å². The van der Waals surface area contributed by atoms with Crippen LogP contribution in [0.5, 0.6) is 0 Å². The van der Waals surface area contributed by atoms with Crippen LogP contribution in [-0.4, -0.2) is 30.7 Å². The van der Waals surface area contributed by atoms with Crippen LogP contribution in [0.3, 0.4) is 0 Å². The van der Waals surface area contributed by atoms with Crippen LogP contribution in [0, 0.1) is 5.92 Å². The average Bonchev–Trinajstić information content (AvgIpc) is 2.49. The summed E-state index contributed by atoms with van der Waals surface area (Å²) in [6, 6.07) is 0. The topological polar surface area (TPSA) is 38.7 Å². The van der Waals surface area contributed by atoms with Gasteiger partial charge in [-0.05, 0) is 33.1 Å². The molecule has 0 bridgehead atoms. The number of unbranched alkanes of at least 4 members (excludes halogenated alkanes) is 5. The number of aliphatic hydroxyl groups is 1. The van der Waals surface area contributed by atoms with Gasteiger partial charge >= 0.3 is 0 Å². The molecule has 3 heteroatoms. The van der Waals surface area contributed by atoms with E-state index in [1.807, 2.05) is 13.8 Å². The Hall–Kier alpha value is -0.120. The molecule has 0 aromatic carbocycles. The molecular formula is C18H38O3. The van der Waals surface area contributed by atoms with Gasteiger partial charge in [0.15, 0.2) is 5.79 Å². The number of aliphatic hydroxyl groups excluding tert-OH is 1. The molecule has 0 aliphatic rings. The van der Waals surface area contributed by atoms with Crippen molar-refractivity contribution in [3.8, 4) is 0 Å². The third-order valence-corrected chi connectivity index (χ3v) is 4.28. The second-order valence-corrected chi connectivity index (χ2v) is 5.80. The van der Waals surface area contributed by atoms with Crippen molar-refractivity contribution in [2.24, 2.45) is 5.92 Å². The summed E-state index contributed by atoms with van der Waals surface area (Å²) in [5.41, 5.74) is 0. The van der Waals surface area contributed by atoms with Crippen molar-refractivity contribution in [1.29, 1.82) is 0 Å². The predicted octanol–water partition coefficient (Wildman–Crippen LogP) is 4.91. The fraction of sp³-hybridized carbons (Fsp3) is 1.00. The molecule has 0 amide bonds. The monoisotopic (exact) mass is 302 g/mol. The Bertz CT molecular complexity index is 213. The van der Waals surface area contributed by atoms with Crippen molar-refractivity contribution in [2.75, 3.05) is 19.8 Å². The van der Waals surface area contributed by atoms with Gasteiger partial charge in [-0.3, -0.25) is 0 Å². The summed E-state index contributed by atoms with van der Waals surface area (Å²) in [4.78, 5) is 0. The first-order valence-electron chi connectivity index (χ1n) is 9.09. The molecule has 128 valence electrons. The second kappa shape index (κ2) is 13.5. The Morgan fingerprint density at radius 3 is 1.86 bits per heavy atom. The largest absolute Gasteiger partial charge is 0.396 e. The van der Waals surface area contributed by atoms with Crippen molar-refractivity contribution >= 4 is 0 Å². The zero-order chi connectivity index (χ0) is 16.0. The van der Waals surface area contributed by atoms with Crippen LogP contribution in [0.1, 0.15) is 85.5 Å². The molecule has 0 aromatic rings. The fourth-order valence-electron chi connectivity index (χ4n) is 3.17. The molecule has 0 saturated heterocycles. The minimum absolute atomic E-state index is 0.211. The Morgan fingerprint density at radius 1 is 0.810 bits per heavy atom. The Balaban J connectivity index is 4.44. The maximum absolute atomic E-state index is 9.39. The van der Waals surface area contributed by atoms with Gasteiger partial charge in [0.25, 0.3) is 0 Å². The summed E-state index contributed by atoms with van der Waals surface area (Å²) in [7, 11) is 0. The van der Waals surface area contributed by atoms with Crippen molar-refractivity contribution < 1.29 is 14.6 Å². The summed E-state index contributed by atoms with van der Waals surface area (Å²) in [5, 5.41) is 9.39. The summed E-state index contributed by atoms with van der Waals surface area (Å²) in [5.74, 6) is -0.214. The molecule has 0 spiro atoms. The van der Waals surface area contributed by atoms with Crippen LogP contribution in [0.25, 0.3) is 0 Å². The van der Waals surface area contributed by atoms with E-state index < -0.39 is 5.79 Å². The van der Waals surface area contributed by atoms with Crippen molar-refractivity contribution in [2.45, 2.75) is 91.3 Å². The third kappa shape index (κ3) is 8.18. The van der Waals surface area contributed by atoms with E-state index in [9.17, 15) is 5.11 Å². The van der Waals surface area contributed by atoms with Crippen molar-refractivity contribution in [3.63, 3.8) is 0 Å². The van der Waals surface area contributed by atoms with Crippen LogP contribution < -0.4 is 0 Å². The number of rotatable bonds is 15. The second-order valence-electron chi connectivity index (χ2n) is 5.80. The average molecular weight is 302 g/mol. The smallest absolute Gasteiger partial charge is 0.170 e. The van der Waals surface area contributed by atoms with E-state index in [-0.39, 0.29) is 6.61 Å². The van der Waals surface area contributed by atoms with Crippen molar-refractivity contribution in [3.05, 3.63) is 0 Å². The van der Waals surface area contributed by atoms with Gasteiger partial charge in [-0.15, -0.1) is 0 Å². The lowest BCUT2D eigenvalue weighted by atomic mass is 9.87. The molecule has 0 heterocycles. The standard InChI is InChI=1S/C18H38O3/c1-5-9-10-11-12-13-14-17(15-16-19)18(6-2,20-7-3)21-8-4/h17,19H,5-16H2,1-4H3. The van der Waals surface area contributed by atoms with E-state index in [0.717, 1.165) is 19.3 Å². The summed E-state index contributed by atoms with van der Waals surface area (Å²) >= 11 is 0. The molecule has 0 radical (unpaired) electrons. The minimum Gasteiger partial charge on any atom is -0.396 e. The van der Waals surface area contributed by atoms with E-state index in [4.69, 9.17) is 9.47 Å².